The zero-order valence-corrected chi connectivity index (χ0v) is 14.0. The van der Waals surface area contributed by atoms with Crippen LogP contribution in [0, 0.1) is 12.8 Å². The van der Waals surface area contributed by atoms with E-state index in [9.17, 15) is 0 Å². The van der Waals surface area contributed by atoms with Crippen molar-refractivity contribution in [2.24, 2.45) is 5.92 Å². The van der Waals surface area contributed by atoms with Gasteiger partial charge in [0.25, 0.3) is 0 Å². The molecule has 0 radical (unpaired) electrons. The van der Waals surface area contributed by atoms with E-state index in [4.69, 9.17) is 11.6 Å². The average Bonchev–Trinajstić information content (AvgIpc) is 2.43. The molecule has 0 aliphatic carbocycles. The molecule has 0 aliphatic heterocycles. The third-order valence-electron chi connectivity index (χ3n) is 3.71. The first-order chi connectivity index (χ1) is 9.97. The van der Waals surface area contributed by atoms with Gasteiger partial charge in [0.15, 0.2) is 0 Å². The Hall–Kier alpha value is -1.47. The summed E-state index contributed by atoms with van der Waals surface area (Å²) in [4.78, 5) is 0. The Labute approximate surface area is 133 Å². The molecule has 0 saturated carbocycles. The van der Waals surface area contributed by atoms with Crippen molar-refractivity contribution in [1.82, 2.24) is 0 Å². The second-order valence-electron chi connectivity index (χ2n) is 6.14. The van der Waals surface area contributed by atoms with Gasteiger partial charge in [-0.1, -0.05) is 61.8 Å². The van der Waals surface area contributed by atoms with Crippen molar-refractivity contribution < 1.29 is 0 Å². The number of halogens is 1. The van der Waals surface area contributed by atoms with Crippen LogP contribution in [0.5, 0.6) is 0 Å². The van der Waals surface area contributed by atoms with Crippen molar-refractivity contribution in [2.45, 2.75) is 40.2 Å². The molecule has 2 heteroatoms. The number of hydrogen-bond acceptors (Lipinski definition) is 1. The molecule has 2 rings (SSSR count). The van der Waals surface area contributed by atoms with Gasteiger partial charge in [-0.2, -0.15) is 0 Å². The van der Waals surface area contributed by atoms with Crippen LogP contribution < -0.4 is 5.32 Å². The molecule has 0 bridgehead atoms. The maximum absolute atomic E-state index is 6.28. The minimum absolute atomic E-state index is 0.233. The summed E-state index contributed by atoms with van der Waals surface area (Å²) in [6.07, 6.45) is 1.13. The smallest absolute Gasteiger partial charge is 0.0640 e. The molecule has 2 aromatic carbocycles. The molecule has 0 spiro atoms. The summed E-state index contributed by atoms with van der Waals surface area (Å²) in [6, 6.07) is 15.1. The number of nitrogens with one attached hydrogen (secondary N) is 1. The van der Waals surface area contributed by atoms with E-state index in [1.165, 1.54) is 16.7 Å². The molecule has 0 heterocycles. The lowest BCUT2D eigenvalue weighted by Gasteiger charge is -2.19. The third kappa shape index (κ3) is 4.25. The predicted molar refractivity (Wildman–Crippen MR) is 93.2 cm³/mol. The minimum atomic E-state index is 0.233. The van der Waals surface area contributed by atoms with Crippen LogP contribution in [-0.2, 0) is 6.42 Å². The zero-order chi connectivity index (χ0) is 15.4. The Balaban J connectivity index is 2.11. The van der Waals surface area contributed by atoms with Gasteiger partial charge in [0.2, 0.25) is 0 Å². The van der Waals surface area contributed by atoms with E-state index in [0.717, 1.165) is 17.1 Å². The highest BCUT2D eigenvalue weighted by Crippen LogP contribution is 2.29. The number of aryl methyl sites for hydroxylation is 1. The molecule has 112 valence electrons. The first-order valence-electron chi connectivity index (χ1n) is 7.58. The van der Waals surface area contributed by atoms with Gasteiger partial charge in [-0.15, -0.1) is 0 Å². The van der Waals surface area contributed by atoms with Crippen molar-refractivity contribution >= 4 is 17.3 Å². The Kier molecular flexibility index (Phi) is 5.30. The van der Waals surface area contributed by atoms with Gasteiger partial charge >= 0.3 is 0 Å². The molecule has 0 aromatic heterocycles. The summed E-state index contributed by atoms with van der Waals surface area (Å²) < 4.78 is 0. The van der Waals surface area contributed by atoms with Gasteiger partial charge in [0.1, 0.15) is 0 Å². The fourth-order valence-electron chi connectivity index (χ4n) is 2.53. The zero-order valence-electron chi connectivity index (χ0n) is 13.3. The maximum atomic E-state index is 6.28. The van der Waals surface area contributed by atoms with E-state index in [-0.39, 0.29) is 6.04 Å². The predicted octanol–water partition coefficient (Wildman–Crippen LogP) is 6.02. The van der Waals surface area contributed by atoms with Gasteiger partial charge in [0.05, 0.1) is 10.7 Å². The molecule has 0 fully saturated rings. The van der Waals surface area contributed by atoms with Gasteiger partial charge in [-0.25, -0.2) is 0 Å². The van der Waals surface area contributed by atoms with E-state index in [1.54, 1.807) is 0 Å². The van der Waals surface area contributed by atoms with Crippen LogP contribution in [0.15, 0.2) is 42.5 Å². The van der Waals surface area contributed by atoms with Crippen LogP contribution in [0.1, 0.15) is 43.5 Å². The second kappa shape index (κ2) is 7.00. The number of para-hydroxylation sites is 1. The molecular formula is C19H24ClN. The average molecular weight is 302 g/mol. The summed E-state index contributed by atoms with van der Waals surface area (Å²) >= 11 is 6.28. The maximum Gasteiger partial charge on any atom is 0.0640 e. The van der Waals surface area contributed by atoms with Crippen molar-refractivity contribution in [3.05, 3.63) is 64.2 Å². The van der Waals surface area contributed by atoms with Crippen LogP contribution in [0.4, 0.5) is 5.69 Å². The lowest BCUT2D eigenvalue weighted by atomic mass is 9.99. The highest BCUT2D eigenvalue weighted by Gasteiger charge is 2.10. The normalized spacial score (nSPS) is 12.5. The Morgan fingerprint density at radius 3 is 2.24 bits per heavy atom. The Bertz CT molecular complexity index is 567. The van der Waals surface area contributed by atoms with Gasteiger partial charge < -0.3 is 5.32 Å². The molecule has 0 saturated heterocycles. The lowest BCUT2D eigenvalue weighted by molar-refractivity contribution is 0.647. The highest BCUT2D eigenvalue weighted by molar-refractivity contribution is 6.33. The highest BCUT2D eigenvalue weighted by atomic mass is 35.5. The van der Waals surface area contributed by atoms with E-state index < -0.39 is 0 Å². The molecule has 1 atom stereocenters. The lowest BCUT2D eigenvalue weighted by Crippen LogP contribution is -2.08. The third-order valence-corrected chi connectivity index (χ3v) is 4.02. The monoisotopic (exact) mass is 301 g/mol. The molecule has 2 aromatic rings. The Morgan fingerprint density at radius 2 is 1.67 bits per heavy atom. The summed E-state index contributed by atoms with van der Waals surface area (Å²) in [5, 5.41) is 4.30. The topological polar surface area (TPSA) is 12.0 Å². The largest absolute Gasteiger partial charge is 0.377 e. The fourth-order valence-corrected chi connectivity index (χ4v) is 2.80. The van der Waals surface area contributed by atoms with Crippen molar-refractivity contribution in [3.63, 3.8) is 0 Å². The quantitative estimate of drug-likeness (QED) is 0.712. The first-order valence-corrected chi connectivity index (χ1v) is 7.95. The van der Waals surface area contributed by atoms with E-state index in [2.05, 4.69) is 63.3 Å². The fraction of sp³-hybridized carbons (Fsp3) is 0.368. The van der Waals surface area contributed by atoms with Gasteiger partial charge in [0, 0.05) is 6.04 Å². The number of rotatable bonds is 5. The summed E-state index contributed by atoms with van der Waals surface area (Å²) in [5.74, 6) is 0.692. The van der Waals surface area contributed by atoms with Gasteiger partial charge in [-0.3, -0.25) is 0 Å². The summed E-state index contributed by atoms with van der Waals surface area (Å²) in [5.41, 5.74) is 4.88. The number of anilines is 1. The van der Waals surface area contributed by atoms with Crippen LogP contribution in [0.3, 0.4) is 0 Å². The SMILES string of the molecule is Cc1cccc(Cl)c1NC(C)c1ccc(CC(C)C)cc1. The van der Waals surface area contributed by atoms with Gasteiger partial charge in [-0.05, 0) is 48.9 Å². The standard InChI is InChI=1S/C19H24ClN/c1-13(2)12-16-8-10-17(11-9-16)15(4)21-19-14(3)6-5-7-18(19)20/h5-11,13,15,21H,12H2,1-4H3. The van der Waals surface area contributed by atoms with Crippen LogP contribution in [0.2, 0.25) is 5.02 Å². The van der Waals surface area contributed by atoms with E-state index >= 15 is 0 Å². The summed E-state index contributed by atoms with van der Waals surface area (Å²) in [7, 11) is 0. The first kappa shape index (κ1) is 15.9. The van der Waals surface area contributed by atoms with Crippen molar-refractivity contribution in [2.75, 3.05) is 5.32 Å². The van der Waals surface area contributed by atoms with E-state index in [1.807, 2.05) is 12.1 Å². The second-order valence-corrected chi connectivity index (χ2v) is 6.54. The number of hydrogen-bond donors (Lipinski definition) is 1. The molecule has 0 aliphatic rings. The van der Waals surface area contributed by atoms with Crippen molar-refractivity contribution in [1.29, 1.82) is 0 Å². The molecule has 1 unspecified atom stereocenters. The molecule has 1 nitrogen and oxygen atoms in total. The minimum Gasteiger partial charge on any atom is -0.377 e. The molecule has 21 heavy (non-hydrogen) atoms. The molecule has 1 N–H and O–H groups in total. The van der Waals surface area contributed by atoms with E-state index in [0.29, 0.717) is 5.92 Å². The number of benzene rings is 2. The molecular weight excluding hydrogens is 278 g/mol. The van der Waals surface area contributed by atoms with Crippen molar-refractivity contribution in [3.8, 4) is 0 Å². The molecule has 0 amide bonds. The van der Waals surface area contributed by atoms with Crippen LogP contribution in [-0.4, -0.2) is 0 Å². The van der Waals surface area contributed by atoms with Crippen LogP contribution in [0.25, 0.3) is 0 Å². The van der Waals surface area contributed by atoms with Crippen LogP contribution >= 0.6 is 11.6 Å². The Morgan fingerprint density at radius 1 is 1.00 bits per heavy atom. The summed E-state index contributed by atoms with van der Waals surface area (Å²) in [6.45, 7) is 8.74.